The van der Waals surface area contributed by atoms with Gasteiger partial charge in [0.1, 0.15) is 5.82 Å². The molecule has 1 aliphatic rings. The van der Waals surface area contributed by atoms with E-state index in [9.17, 15) is 14.0 Å². The highest BCUT2D eigenvalue weighted by Crippen LogP contribution is 2.14. The topological polar surface area (TPSA) is 88.5 Å². The Morgan fingerprint density at radius 2 is 1.69 bits per heavy atom. The summed E-state index contributed by atoms with van der Waals surface area (Å²) in [4.78, 5) is 28.5. The molecule has 0 aliphatic carbocycles. The molecule has 150 valence electrons. The zero-order valence-electron chi connectivity index (χ0n) is 16.1. The van der Waals surface area contributed by atoms with E-state index in [1.165, 1.54) is 12.1 Å². The molecule has 1 heterocycles. The SMILES string of the molecule is C[C@@H](C(=O)Nc1cccc(F)c1)N1CCN(C(=O)Nc2cccc(C#N)c2)CC1. The molecule has 8 heteroatoms. The number of carbonyl (C=O) groups is 2. The largest absolute Gasteiger partial charge is 0.325 e. The summed E-state index contributed by atoms with van der Waals surface area (Å²) in [6.45, 7) is 3.83. The summed E-state index contributed by atoms with van der Waals surface area (Å²) < 4.78 is 13.3. The Hall–Kier alpha value is -3.44. The highest BCUT2D eigenvalue weighted by molar-refractivity contribution is 5.94. The molecule has 0 aromatic heterocycles. The summed E-state index contributed by atoms with van der Waals surface area (Å²) in [7, 11) is 0. The van der Waals surface area contributed by atoms with Gasteiger partial charge in [0.05, 0.1) is 17.7 Å². The maximum Gasteiger partial charge on any atom is 0.321 e. The van der Waals surface area contributed by atoms with Gasteiger partial charge in [-0.25, -0.2) is 9.18 Å². The number of urea groups is 1. The van der Waals surface area contributed by atoms with Crippen molar-refractivity contribution >= 4 is 23.3 Å². The molecule has 1 aliphatic heterocycles. The maximum atomic E-state index is 13.3. The quantitative estimate of drug-likeness (QED) is 0.833. The number of nitrogens with zero attached hydrogens (tertiary/aromatic N) is 3. The molecule has 7 nitrogen and oxygen atoms in total. The Morgan fingerprint density at radius 1 is 1.03 bits per heavy atom. The van der Waals surface area contributed by atoms with E-state index in [1.807, 2.05) is 11.0 Å². The fourth-order valence-electron chi connectivity index (χ4n) is 3.16. The van der Waals surface area contributed by atoms with Crippen LogP contribution in [0.4, 0.5) is 20.6 Å². The first kappa shape index (κ1) is 20.3. The number of amides is 3. The molecule has 3 amide bonds. The van der Waals surface area contributed by atoms with Crippen LogP contribution in [0.5, 0.6) is 0 Å². The molecule has 2 N–H and O–H groups in total. The van der Waals surface area contributed by atoms with Gasteiger partial charge >= 0.3 is 6.03 Å². The zero-order chi connectivity index (χ0) is 20.8. The monoisotopic (exact) mass is 395 g/mol. The van der Waals surface area contributed by atoms with Crippen LogP contribution in [0, 0.1) is 17.1 Å². The molecule has 2 aromatic rings. The summed E-state index contributed by atoms with van der Waals surface area (Å²) in [6, 6.07) is 13.9. The third kappa shape index (κ3) is 5.30. The smallest absolute Gasteiger partial charge is 0.321 e. The molecule has 0 unspecified atom stereocenters. The maximum absolute atomic E-state index is 13.3. The highest BCUT2D eigenvalue weighted by atomic mass is 19.1. The van der Waals surface area contributed by atoms with E-state index in [0.717, 1.165) is 0 Å². The number of hydrogen-bond donors (Lipinski definition) is 2. The van der Waals surface area contributed by atoms with Crippen LogP contribution >= 0.6 is 0 Å². The summed E-state index contributed by atoms with van der Waals surface area (Å²) in [6.07, 6.45) is 0. The van der Waals surface area contributed by atoms with Gasteiger partial charge < -0.3 is 15.5 Å². The van der Waals surface area contributed by atoms with Gasteiger partial charge in [0.25, 0.3) is 0 Å². The molecule has 29 heavy (non-hydrogen) atoms. The lowest BCUT2D eigenvalue weighted by Crippen LogP contribution is -2.54. The van der Waals surface area contributed by atoms with Crippen molar-refractivity contribution in [3.63, 3.8) is 0 Å². The average Bonchev–Trinajstić information content (AvgIpc) is 2.73. The highest BCUT2D eigenvalue weighted by Gasteiger charge is 2.27. The van der Waals surface area contributed by atoms with Crippen molar-refractivity contribution in [1.29, 1.82) is 5.26 Å². The van der Waals surface area contributed by atoms with Crippen molar-refractivity contribution in [2.75, 3.05) is 36.8 Å². The van der Waals surface area contributed by atoms with E-state index in [-0.39, 0.29) is 11.9 Å². The molecule has 3 rings (SSSR count). The number of nitriles is 1. The Labute approximate surface area is 168 Å². The van der Waals surface area contributed by atoms with Gasteiger partial charge in [0.2, 0.25) is 5.91 Å². The van der Waals surface area contributed by atoms with Crippen molar-refractivity contribution < 1.29 is 14.0 Å². The van der Waals surface area contributed by atoms with Crippen LogP contribution in [0.1, 0.15) is 12.5 Å². The Balaban J connectivity index is 1.50. The van der Waals surface area contributed by atoms with E-state index < -0.39 is 11.9 Å². The van der Waals surface area contributed by atoms with Crippen LogP contribution in [-0.2, 0) is 4.79 Å². The second-order valence-corrected chi connectivity index (χ2v) is 6.82. The zero-order valence-corrected chi connectivity index (χ0v) is 16.1. The third-order valence-corrected chi connectivity index (χ3v) is 4.86. The number of piperazine rings is 1. The number of nitrogens with one attached hydrogen (secondary N) is 2. The van der Waals surface area contributed by atoms with Crippen molar-refractivity contribution in [3.8, 4) is 6.07 Å². The van der Waals surface area contributed by atoms with Crippen molar-refractivity contribution in [1.82, 2.24) is 9.80 Å². The summed E-state index contributed by atoms with van der Waals surface area (Å²) in [5, 5.41) is 14.5. The van der Waals surface area contributed by atoms with Crippen LogP contribution in [0.2, 0.25) is 0 Å². The van der Waals surface area contributed by atoms with E-state index in [2.05, 4.69) is 10.6 Å². The average molecular weight is 395 g/mol. The first-order valence-electron chi connectivity index (χ1n) is 9.33. The normalized spacial score (nSPS) is 15.3. The van der Waals surface area contributed by atoms with Gasteiger partial charge in [0.15, 0.2) is 0 Å². The standard InChI is InChI=1S/C21H22FN5O2/c1-15(20(28)24-19-7-3-5-17(22)13-19)26-8-10-27(11-9-26)21(29)25-18-6-2-4-16(12-18)14-23/h2-7,12-13,15H,8-11H2,1H3,(H,24,28)(H,25,29)/t15-/m0/s1. The number of anilines is 2. The lowest BCUT2D eigenvalue weighted by molar-refractivity contribution is -0.121. The molecule has 0 saturated carbocycles. The lowest BCUT2D eigenvalue weighted by atomic mass is 10.2. The van der Waals surface area contributed by atoms with Crippen molar-refractivity contribution in [2.45, 2.75) is 13.0 Å². The van der Waals surface area contributed by atoms with Gasteiger partial charge in [-0.1, -0.05) is 12.1 Å². The number of hydrogen-bond acceptors (Lipinski definition) is 4. The Morgan fingerprint density at radius 3 is 2.34 bits per heavy atom. The fourth-order valence-corrected chi connectivity index (χ4v) is 3.16. The van der Waals surface area contributed by atoms with Gasteiger partial charge in [-0.15, -0.1) is 0 Å². The fraction of sp³-hybridized carbons (Fsp3) is 0.286. The molecule has 0 bridgehead atoms. The van der Waals surface area contributed by atoms with Crippen LogP contribution in [0.15, 0.2) is 48.5 Å². The van der Waals surface area contributed by atoms with E-state index in [1.54, 1.807) is 48.2 Å². The van der Waals surface area contributed by atoms with Gasteiger partial charge in [-0.05, 0) is 43.3 Å². The van der Waals surface area contributed by atoms with Gasteiger partial charge in [0, 0.05) is 37.6 Å². The van der Waals surface area contributed by atoms with Gasteiger partial charge in [-0.2, -0.15) is 5.26 Å². The first-order chi connectivity index (χ1) is 14.0. The minimum Gasteiger partial charge on any atom is -0.325 e. The second kappa shape index (κ2) is 9.17. The molecular weight excluding hydrogens is 373 g/mol. The van der Waals surface area contributed by atoms with E-state index in [0.29, 0.717) is 43.1 Å². The minimum atomic E-state index is -0.407. The van der Waals surface area contributed by atoms with Crippen LogP contribution in [0.25, 0.3) is 0 Å². The first-order valence-corrected chi connectivity index (χ1v) is 9.33. The molecule has 1 saturated heterocycles. The van der Waals surface area contributed by atoms with E-state index in [4.69, 9.17) is 5.26 Å². The molecule has 2 aromatic carbocycles. The number of halogens is 1. The summed E-state index contributed by atoms with van der Waals surface area (Å²) in [5.74, 6) is -0.628. The molecular formula is C21H22FN5O2. The predicted octanol–water partition coefficient (Wildman–Crippen LogP) is 2.87. The molecule has 1 fully saturated rings. The van der Waals surface area contributed by atoms with Crippen LogP contribution in [0.3, 0.4) is 0 Å². The Bertz CT molecular complexity index is 935. The molecule has 1 atom stereocenters. The molecule has 0 spiro atoms. The second-order valence-electron chi connectivity index (χ2n) is 6.82. The number of rotatable bonds is 4. The predicted molar refractivity (Wildman–Crippen MR) is 108 cm³/mol. The third-order valence-electron chi connectivity index (χ3n) is 4.86. The Kier molecular flexibility index (Phi) is 6.42. The lowest BCUT2D eigenvalue weighted by Gasteiger charge is -2.37. The van der Waals surface area contributed by atoms with Crippen molar-refractivity contribution in [2.24, 2.45) is 0 Å². The van der Waals surface area contributed by atoms with Gasteiger partial charge in [-0.3, -0.25) is 9.69 Å². The summed E-state index contributed by atoms with van der Waals surface area (Å²) in [5.41, 5.74) is 1.46. The summed E-state index contributed by atoms with van der Waals surface area (Å²) >= 11 is 0. The number of benzene rings is 2. The van der Waals surface area contributed by atoms with Crippen LogP contribution in [-0.4, -0.2) is 54.0 Å². The minimum absolute atomic E-state index is 0.221. The molecule has 0 radical (unpaired) electrons. The van der Waals surface area contributed by atoms with E-state index >= 15 is 0 Å². The number of carbonyl (C=O) groups excluding carboxylic acids is 2. The van der Waals surface area contributed by atoms with Crippen molar-refractivity contribution in [3.05, 3.63) is 59.9 Å². The van der Waals surface area contributed by atoms with Crippen LogP contribution < -0.4 is 10.6 Å².